The summed E-state index contributed by atoms with van der Waals surface area (Å²) in [7, 11) is 0. The minimum atomic E-state index is -0.0977. The Morgan fingerprint density at radius 1 is 1.00 bits per heavy atom. The molecular weight excluding hydrogens is 302 g/mol. The summed E-state index contributed by atoms with van der Waals surface area (Å²) in [6, 6.07) is 7.94. The van der Waals surface area contributed by atoms with Crippen molar-refractivity contribution in [2.45, 2.75) is 27.7 Å². The average Bonchev–Trinajstić information content (AvgIpc) is 2.88. The summed E-state index contributed by atoms with van der Waals surface area (Å²) < 4.78 is 3.30. The minimum absolute atomic E-state index is 0.0977. The summed E-state index contributed by atoms with van der Waals surface area (Å²) in [5, 5.41) is 4.91. The Morgan fingerprint density at radius 3 is 2.54 bits per heavy atom. The molecule has 0 aliphatic rings. The highest BCUT2D eigenvalue weighted by Gasteiger charge is 2.14. The van der Waals surface area contributed by atoms with Crippen LogP contribution in [0.15, 0.2) is 35.3 Å². The summed E-state index contributed by atoms with van der Waals surface area (Å²) in [6.07, 6.45) is 1.79. The fourth-order valence-electron chi connectivity index (χ4n) is 3.15. The van der Waals surface area contributed by atoms with E-state index in [1.54, 1.807) is 15.3 Å². The van der Waals surface area contributed by atoms with E-state index in [0.717, 1.165) is 16.8 Å². The number of fused-ring (bicyclic) bond motifs is 3. The normalized spacial score (nSPS) is 11.5. The van der Waals surface area contributed by atoms with Crippen molar-refractivity contribution in [3.05, 3.63) is 63.5 Å². The van der Waals surface area contributed by atoms with Gasteiger partial charge in [-0.15, -0.1) is 5.10 Å². The highest BCUT2D eigenvalue weighted by Crippen LogP contribution is 2.18. The van der Waals surface area contributed by atoms with Gasteiger partial charge in [0.2, 0.25) is 0 Å². The summed E-state index contributed by atoms with van der Waals surface area (Å²) in [5.41, 5.74) is 4.39. The molecule has 4 rings (SSSR count). The molecule has 24 heavy (non-hydrogen) atoms. The van der Waals surface area contributed by atoms with Crippen LogP contribution in [0.4, 0.5) is 0 Å². The van der Waals surface area contributed by atoms with E-state index in [4.69, 9.17) is 0 Å². The molecule has 0 saturated heterocycles. The molecule has 0 amide bonds. The molecule has 6 nitrogen and oxygen atoms in total. The van der Waals surface area contributed by atoms with Crippen molar-refractivity contribution in [3.63, 3.8) is 0 Å². The van der Waals surface area contributed by atoms with Gasteiger partial charge in [0.15, 0.2) is 0 Å². The number of hydrogen-bond acceptors (Lipinski definition) is 4. The molecule has 0 atom stereocenters. The van der Waals surface area contributed by atoms with Crippen LogP contribution in [0.1, 0.15) is 22.6 Å². The van der Waals surface area contributed by atoms with Crippen molar-refractivity contribution in [1.29, 1.82) is 0 Å². The summed E-state index contributed by atoms with van der Waals surface area (Å²) >= 11 is 0. The van der Waals surface area contributed by atoms with Crippen LogP contribution < -0.4 is 5.56 Å². The molecule has 0 aliphatic heterocycles. The monoisotopic (exact) mass is 319 g/mol. The van der Waals surface area contributed by atoms with Crippen molar-refractivity contribution < 1.29 is 0 Å². The van der Waals surface area contributed by atoms with Gasteiger partial charge in [-0.2, -0.15) is 9.50 Å². The van der Waals surface area contributed by atoms with Crippen LogP contribution in [-0.2, 0) is 0 Å². The Morgan fingerprint density at radius 2 is 1.79 bits per heavy atom. The molecule has 0 radical (unpaired) electrons. The van der Waals surface area contributed by atoms with Crippen LogP contribution in [0.3, 0.4) is 0 Å². The second kappa shape index (κ2) is 4.99. The van der Waals surface area contributed by atoms with Gasteiger partial charge in [-0.1, -0.05) is 17.7 Å². The third kappa shape index (κ3) is 2.03. The number of aryl methyl sites for hydroxylation is 4. The molecule has 120 valence electrons. The lowest BCUT2D eigenvalue weighted by Crippen LogP contribution is -2.20. The second-order valence-corrected chi connectivity index (χ2v) is 6.11. The van der Waals surface area contributed by atoms with Gasteiger partial charge in [-0.3, -0.25) is 9.36 Å². The van der Waals surface area contributed by atoms with Gasteiger partial charge in [-0.05, 0) is 45.4 Å². The lowest BCUT2D eigenvalue weighted by molar-refractivity contribution is 0.930. The molecule has 0 bridgehead atoms. The predicted molar refractivity (Wildman–Crippen MR) is 92.8 cm³/mol. The molecule has 0 N–H and O–H groups in total. The Hall–Kier alpha value is -3.02. The molecule has 1 aromatic carbocycles. The highest BCUT2D eigenvalue weighted by molar-refractivity contribution is 5.82. The molecule has 3 aromatic heterocycles. The first-order valence-electron chi connectivity index (χ1n) is 7.78. The van der Waals surface area contributed by atoms with E-state index >= 15 is 0 Å². The van der Waals surface area contributed by atoms with Crippen molar-refractivity contribution in [2.24, 2.45) is 0 Å². The largest absolute Gasteiger partial charge is 0.283 e. The van der Waals surface area contributed by atoms with E-state index in [2.05, 4.69) is 21.1 Å². The maximum absolute atomic E-state index is 13.1. The summed E-state index contributed by atoms with van der Waals surface area (Å²) in [5.74, 6) is 1.15. The van der Waals surface area contributed by atoms with E-state index < -0.39 is 0 Å². The van der Waals surface area contributed by atoms with Gasteiger partial charge in [0, 0.05) is 6.20 Å². The van der Waals surface area contributed by atoms with Crippen LogP contribution >= 0.6 is 0 Å². The fraction of sp³-hybridized carbons (Fsp3) is 0.222. The van der Waals surface area contributed by atoms with Gasteiger partial charge in [0.05, 0.1) is 22.3 Å². The Balaban J connectivity index is 2.10. The molecule has 0 unspecified atom stereocenters. The van der Waals surface area contributed by atoms with Gasteiger partial charge < -0.3 is 0 Å². The van der Waals surface area contributed by atoms with E-state index in [0.29, 0.717) is 22.7 Å². The molecule has 0 aliphatic carbocycles. The van der Waals surface area contributed by atoms with Crippen LogP contribution in [-0.4, -0.2) is 24.1 Å². The van der Waals surface area contributed by atoms with Crippen molar-refractivity contribution in [2.75, 3.05) is 0 Å². The van der Waals surface area contributed by atoms with Crippen molar-refractivity contribution in [3.8, 4) is 5.69 Å². The third-order valence-corrected chi connectivity index (χ3v) is 4.24. The second-order valence-electron chi connectivity index (χ2n) is 6.11. The molecule has 4 aromatic rings. The van der Waals surface area contributed by atoms with Crippen LogP contribution in [0, 0.1) is 27.7 Å². The fourth-order valence-corrected chi connectivity index (χ4v) is 3.15. The molecule has 6 heteroatoms. The first-order valence-corrected chi connectivity index (χ1v) is 7.78. The quantitative estimate of drug-likeness (QED) is 0.541. The number of pyridine rings is 1. The average molecular weight is 319 g/mol. The summed E-state index contributed by atoms with van der Waals surface area (Å²) in [4.78, 5) is 21.8. The molecule has 3 heterocycles. The number of benzene rings is 1. The topological polar surface area (TPSA) is 65.1 Å². The number of nitrogens with zero attached hydrogens (tertiary/aromatic N) is 5. The standard InChI is InChI=1S/C18H17N5O/c1-10-5-6-14(11(2)9-10)22-8-7-15-16(17(22)24)12(3)19-18-20-13(4)21-23(15)18/h5-9H,1-4H3. The summed E-state index contributed by atoms with van der Waals surface area (Å²) in [6.45, 7) is 7.69. The Labute approximate surface area is 138 Å². The Kier molecular flexibility index (Phi) is 3.03. The van der Waals surface area contributed by atoms with E-state index in [9.17, 15) is 4.79 Å². The van der Waals surface area contributed by atoms with Gasteiger partial charge in [0.1, 0.15) is 5.82 Å². The lowest BCUT2D eigenvalue weighted by atomic mass is 10.1. The first kappa shape index (κ1) is 14.6. The highest BCUT2D eigenvalue weighted by atomic mass is 16.1. The molecule has 0 saturated carbocycles. The zero-order valence-electron chi connectivity index (χ0n) is 14.0. The van der Waals surface area contributed by atoms with Gasteiger partial charge >= 0.3 is 0 Å². The number of rotatable bonds is 1. The third-order valence-electron chi connectivity index (χ3n) is 4.24. The van der Waals surface area contributed by atoms with Crippen LogP contribution in [0.25, 0.3) is 22.4 Å². The van der Waals surface area contributed by atoms with Crippen LogP contribution in [0.2, 0.25) is 0 Å². The van der Waals surface area contributed by atoms with Crippen molar-refractivity contribution >= 4 is 16.7 Å². The zero-order chi connectivity index (χ0) is 17.0. The van der Waals surface area contributed by atoms with E-state index in [-0.39, 0.29) is 5.56 Å². The first-order chi connectivity index (χ1) is 11.5. The molecular formula is C18H17N5O. The SMILES string of the molecule is Cc1ccc(-n2ccc3c(c(C)nc4nc(C)nn43)c2=O)c(C)c1. The number of aromatic nitrogens is 5. The molecule has 0 spiro atoms. The predicted octanol–water partition coefficient (Wildman–Crippen LogP) is 2.66. The maximum Gasteiger partial charge on any atom is 0.266 e. The maximum atomic E-state index is 13.1. The van der Waals surface area contributed by atoms with Crippen LogP contribution in [0.5, 0.6) is 0 Å². The smallest absolute Gasteiger partial charge is 0.266 e. The van der Waals surface area contributed by atoms with E-state index in [1.165, 1.54) is 5.56 Å². The van der Waals surface area contributed by atoms with Gasteiger partial charge in [-0.25, -0.2) is 4.98 Å². The zero-order valence-corrected chi connectivity index (χ0v) is 14.0. The lowest BCUT2D eigenvalue weighted by Gasteiger charge is -2.12. The number of hydrogen-bond donors (Lipinski definition) is 0. The van der Waals surface area contributed by atoms with E-state index in [1.807, 2.05) is 45.9 Å². The molecule has 0 fully saturated rings. The minimum Gasteiger partial charge on any atom is -0.283 e. The van der Waals surface area contributed by atoms with Crippen molar-refractivity contribution in [1.82, 2.24) is 24.1 Å². The Bertz CT molecular complexity index is 1170. The van der Waals surface area contributed by atoms with Gasteiger partial charge in [0.25, 0.3) is 11.3 Å².